The number of pyridine rings is 1. The highest BCUT2D eigenvalue weighted by Crippen LogP contribution is 2.29. The number of rotatable bonds is 7. The number of carbonyl (C=O) groups is 1. The van der Waals surface area contributed by atoms with Crippen LogP contribution in [0.15, 0.2) is 17.3 Å². The van der Waals surface area contributed by atoms with E-state index in [1.165, 1.54) is 0 Å². The van der Waals surface area contributed by atoms with E-state index in [1.54, 1.807) is 0 Å². The van der Waals surface area contributed by atoms with E-state index in [0.29, 0.717) is 6.42 Å². The van der Waals surface area contributed by atoms with Crippen LogP contribution in [0.3, 0.4) is 0 Å². The number of amides is 1. The molecule has 0 aliphatic heterocycles. The Balaban J connectivity index is 2.99. The Bertz CT molecular complexity index is 660. The first kappa shape index (κ1) is 22.2. The molecule has 1 unspecified atom stereocenters. The Kier molecular flexibility index (Phi) is 7.04. The van der Waals surface area contributed by atoms with Crippen LogP contribution in [0.25, 0.3) is 0 Å². The second-order valence-electron chi connectivity index (χ2n) is 7.54. The SMILES string of the molecule is C=NCC(C)(CC(C)(C)C)NC(=O)c1cc(OCC(F)(F)F)c(Cl)cn1. The van der Waals surface area contributed by atoms with E-state index in [9.17, 15) is 18.0 Å². The molecular formula is C17H23ClF3N3O2. The van der Waals surface area contributed by atoms with Gasteiger partial charge >= 0.3 is 6.18 Å². The summed E-state index contributed by atoms with van der Waals surface area (Å²) in [7, 11) is 0. The van der Waals surface area contributed by atoms with E-state index in [-0.39, 0.29) is 28.4 Å². The van der Waals surface area contributed by atoms with Crippen LogP contribution >= 0.6 is 11.6 Å². The Morgan fingerprint density at radius 2 is 1.96 bits per heavy atom. The summed E-state index contributed by atoms with van der Waals surface area (Å²) in [6.45, 7) is 10.1. The molecule has 26 heavy (non-hydrogen) atoms. The number of alkyl halides is 3. The van der Waals surface area contributed by atoms with Gasteiger partial charge in [-0.05, 0) is 25.5 Å². The number of ether oxygens (including phenoxy) is 1. The molecule has 0 aromatic carbocycles. The topological polar surface area (TPSA) is 63.6 Å². The van der Waals surface area contributed by atoms with Crippen LogP contribution in [0.2, 0.25) is 5.02 Å². The molecule has 0 aliphatic rings. The van der Waals surface area contributed by atoms with Gasteiger partial charge in [-0.1, -0.05) is 32.4 Å². The van der Waals surface area contributed by atoms with Crippen molar-refractivity contribution < 1.29 is 22.7 Å². The summed E-state index contributed by atoms with van der Waals surface area (Å²) in [6.07, 6.45) is -2.83. The van der Waals surface area contributed by atoms with Gasteiger partial charge < -0.3 is 10.1 Å². The molecule has 0 radical (unpaired) electrons. The molecule has 0 bridgehead atoms. The largest absolute Gasteiger partial charge is 0.482 e. The zero-order valence-electron chi connectivity index (χ0n) is 15.2. The van der Waals surface area contributed by atoms with Crippen molar-refractivity contribution in [2.24, 2.45) is 10.4 Å². The van der Waals surface area contributed by atoms with Crippen LogP contribution in [0.4, 0.5) is 13.2 Å². The van der Waals surface area contributed by atoms with Crippen molar-refractivity contribution >= 4 is 24.2 Å². The number of aromatic nitrogens is 1. The molecule has 0 aliphatic carbocycles. The lowest BCUT2D eigenvalue weighted by Crippen LogP contribution is -2.50. The van der Waals surface area contributed by atoms with Gasteiger partial charge in [0.25, 0.3) is 5.91 Å². The number of nitrogens with zero attached hydrogens (tertiary/aromatic N) is 2. The summed E-state index contributed by atoms with van der Waals surface area (Å²) in [5.41, 5.74) is -0.886. The molecule has 0 spiro atoms. The van der Waals surface area contributed by atoms with E-state index < -0.39 is 24.2 Å². The molecule has 0 saturated heterocycles. The molecule has 5 nitrogen and oxygen atoms in total. The lowest BCUT2D eigenvalue weighted by atomic mass is 9.80. The smallest absolute Gasteiger partial charge is 0.422 e. The highest BCUT2D eigenvalue weighted by atomic mass is 35.5. The first-order valence-electron chi connectivity index (χ1n) is 7.85. The van der Waals surface area contributed by atoms with E-state index in [2.05, 4.69) is 26.7 Å². The molecule has 1 atom stereocenters. The average molecular weight is 394 g/mol. The van der Waals surface area contributed by atoms with Gasteiger partial charge in [0.05, 0.1) is 18.3 Å². The van der Waals surface area contributed by atoms with Crippen LogP contribution in [0, 0.1) is 5.41 Å². The monoisotopic (exact) mass is 393 g/mol. The molecule has 0 saturated carbocycles. The summed E-state index contributed by atoms with van der Waals surface area (Å²) >= 11 is 5.79. The zero-order chi connectivity index (χ0) is 20.2. The molecule has 1 N–H and O–H groups in total. The normalized spacial score (nSPS) is 14.5. The minimum atomic E-state index is -4.52. The fourth-order valence-electron chi connectivity index (χ4n) is 2.71. The van der Waals surface area contributed by atoms with Crippen LogP contribution in [-0.2, 0) is 0 Å². The number of hydrogen-bond acceptors (Lipinski definition) is 4. The van der Waals surface area contributed by atoms with Crippen molar-refractivity contribution in [3.05, 3.63) is 23.0 Å². The minimum Gasteiger partial charge on any atom is -0.482 e. The highest BCUT2D eigenvalue weighted by molar-refractivity contribution is 6.32. The molecule has 1 aromatic rings. The van der Waals surface area contributed by atoms with Crippen LogP contribution < -0.4 is 10.1 Å². The predicted molar refractivity (Wildman–Crippen MR) is 95.2 cm³/mol. The summed E-state index contributed by atoms with van der Waals surface area (Å²) in [6, 6.07) is 1.09. The first-order valence-corrected chi connectivity index (χ1v) is 8.23. The van der Waals surface area contributed by atoms with Gasteiger partial charge in [0.1, 0.15) is 16.5 Å². The van der Waals surface area contributed by atoms with Gasteiger partial charge in [0.15, 0.2) is 6.61 Å². The third-order valence-corrected chi connectivity index (χ3v) is 3.52. The van der Waals surface area contributed by atoms with Crippen LogP contribution in [0.1, 0.15) is 44.6 Å². The second-order valence-corrected chi connectivity index (χ2v) is 7.94. The average Bonchev–Trinajstić information content (AvgIpc) is 2.43. The number of halogens is 4. The molecule has 1 amide bonds. The number of aliphatic imine (C=N–C) groups is 1. The number of carbonyl (C=O) groups excluding carboxylic acids is 1. The summed E-state index contributed by atoms with van der Waals surface area (Å²) in [5.74, 6) is -0.822. The molecular weight excluding hydrogens is 371 g/mol. The van der Waals surface area contributed by atoms with Crippen LogP contribution in [-0.4, -0.2) is 42.5 Å². The Hall–Kier alpha value is -1.83. The lowest BCUT2D eigenvalue weighted by Gasteiger charge is -2.35. The van der Waals surface area contributed by atoms with E-state index >= 15 is 0 Å². The quantitative estimate of drug-likeness (QED) is 0.702. The fourth-order valence-corrected chi connectivity index (χ4v) is 2.87. The Morgan fingerprint density at radius 3 is 2.46 bits per heavy atom. The standard InChI is InChI=1S/C17H23ClF3N3O2/c1-15(2,3)8-16(4,9-22-5)24-14(25)12-6-13(11(18)7-23-12)26-10-17(19,20)21/h6-7H,5,8-10H2,1-4H3,(H,24,25). The number of nitrogens with one attached hydrogen (secondary N) is 1. The van der Waals surface area contributed by atoms with Crippen molar-refractivity contribution in [1.29, 1.82) is 0 Å². The molecule has 9 heteroatoms. The molecule has 1 heterocycles. The first-order chi connectivity index (χ1) is 11.7. The van der Waals surface area contributed by atoms with Crippen molar-refractivity contribution in [3.8, 4) is 5.75 Å². The summed E-state index contributed by atoms with van der Waals surface area (Å²) in [5, 5.41) is 2.72. The molecule has 0 fully saturated rings. The maximum atomic E-state index is 12.5. The number of hydrogen-bond donors (Lipinski definition) is 1. The zero-order valence-corrected chi connectivity index (χ0v) is 16.0. The van der Waals surface area contributed by atoms with Gasteiger partial charge in [-0.25, -0.2) is 4.98 Å². The van der Waals surface area contributed by atoms with Crippen molar-refractivity contribution in [2.75, 3.05) is 13.2 Å². The van der Waals surface area contributed by atoms with Crippen molar-refractivity contribution in [2.45, 2.75) is 45.8 Å². The van der Waals surface area contributed by atoms with Gasteiger partial charge in [-0.2, -0.15) is 13.2 Å². The fraction of sp³-hybridized carbons (Fsp3) is 0.588. The van der Waals surface area contributed by atoms with Crippen LogP contribution in [0.5, 0.6) is 5.75 Å². The van der Waals surface area contributed by atoms with Crippen molar-refractivity contribution in [3.63, 3.8) is 0 Å². The predicted octanol–water partition coefficient (Wildman–Crippen LogP) is 4.30. The summed E-state index contributed by atoms with van der Waals surface area (Å²) in [4.78, 5) is 20.3. The molecule has 1 rings (SSSR count). The molecule has 146 valence electrons. The maximum absolute atomic E-state index is 12.5. The maximum Gasteiger partial charge on any atom is 0.422 e. The Labute approximate surface area is 156 Å². The third-order valence-electron chi connectivity index (χ3n) is 3.24. The van der Waals surface area contributed by atoms with Gasteiger partial charge in [0, 0.05) is 6.07 Å². The molecule has 1 aromatic heterocycles. The van der Waals surface area contributed by atoms with Gasteiger partial charge in [0.2, 0.25) is 0 Å². The highest BCUT2D eigenvalue weighted by Gasteiger charge is 2.32. The van der Waals surface area contributed by atoms with E-state index in [4.69, 9.17) is 11.6 Å². The van der Waals surface area contributed by atoms with Gasteiger partial charge in [-0.15, -0.1) is 0 Å². The minimum absolute atomic E-state index is 0.0961. The van der Waals surface area contributed by atoms with E-state index in [0.717, 1.165) is 12.3 Å². The summed E-state index contributed by atoms with van der Waals surface area (Å²) < 4.78 is 41.6. The third kappa shape index (κ3) is 7.59. The Morgan fingerprint density at radius 1 is 1.35 bits per heavy atom. The van der Waals surface area contributed by atoms with E-state index in [1.807, 2.05) is 27.7 Å². The second kappa shape index (κ2) is 8.24. The van der Waals surface area contributed by atoms with Crippen molar-refractivity contribution in [1.82, 2.24) is 10.3 Å². The lowest BCUT2D eigenvalue weighted by molar-refractivity contribution is -0.153. The van der Waals surface area contributed by atoms with Gasteiger partial charge in [-0.3, -0.25) is 9.79 Å².